The van der Waals surface area contributed by atoms with Crippen LogP contribution in [0.4, 0.5) is 18.9 Å². The van der Waals surface area contributed by atoms with Gasteiger partial charge in [0.05, 0.1) is 10.5 Å². The summed E-state index contributed by atoms with van der Waals surface area (Å²) >= 11 is 5.90. The SMILES string of the molecule is CC1(C)CC(=O)C2=C(C1)N(c1ccc(Cl)cc1)C(=O)[C@@]2(NS(=O)(=O)c1ccccc1)C(F)(F)F. The standard InChI is InChI=1S/C23H20ClF3N2O4S/c1-21(2)12-17-19(18(30)13-21)22(23(25,26)27,28-34(32,33)16-6-4-3-5-7-16)20(31)29(17)15-10-8-14(24)9-11-15/h3-11,28H,12-13H2,1-2H3/t22-/m1/s1. The fraction of sp³-hybridized carbons (Fsp3) is 0.304. The largest absolute Gasteiger partial charge is 0.421 e. The van der Waals surface area contributed by atoms with Gasteiger partial charge in [-0.2, -0.15) is 17.9 Å². The summed E-state index contributed by atoms with van der Waals surface area (Å²) in [6, 6.07) is 11.8. The molecular formula is C23H20ClF3N2O4S. The molecule has 0 saturated heterocycles. The van der Waals surface area contributed by atoms with Crippen molar-refractivity contribution in [1.82, 2.24) is 4.72 Å². The highest BCUT2D eigenvalue weighted by atomic mass is 35.5. The normalized spacial score (nSPS) is 22.8. The molecule has 1 atom stereocenters. The number of halogens is 4. The summed E-state index contributed by atoms with van der Waals surface area (Å²) in [5, 5.41) is 0.288. The molecule has 1 amide bonds. The number of hydrogen-bond donors (Lipinski definition) is 1. The third kappa shape index (κ3) is 3.83. The maximum absolute atomic E-state index is 14.8. The predicted molar refractivity (Wildman–Crippen MR) is 120 cm³/mol. The second-order valence-electron chi connectivity index (χ2n) is 9.05. The molecule has 0 spiro atoms. The highest BCUT2D eigenvalue weighted by molar-refractivity contribution is 7.89. The minimum Gasteiger partial charge on any atom is -0.294 e. The lowest BCUT2D eigenvalue weighted by Crippen LogP contribution is -2.66. The highest BCUT2D eigenvalue weighted by Crippen LogP contribution is 2.53. The first-order valence-corrected chi connectivity index (χ1v) is 12.1. The molecule has 11 heteroatoms. The topological polar surface area (TPSA) is 83.6 Å². The van der Waals surface area contributed by atoms with Crippen molar-refractivity contribution in [3.63, 3.8) is 0 Å². The molecule has 0 bridgehead atoms. The van der Waals surface area contributed by atoms with Gasteiger partial charge >= 0.3 is 6.18 Å². The van der Waals surface area contributed by atoms with Gasteiger partial charge in [-0.3, -0.25) is 14.5 Å². The summed E-state index contributed by atoms with van der Waals surface area (Å²) in [6.07, 6.45) is -5.78. The Kier molecular flexibility index (Phi) is 5.70. The number of rotatable bonds is 4. The molecule has 1 N–H and O–H groups in total. The second kappa shape index (κ2) is 7.93. The van der Waals surface area contributed by atoms with Crippen molar-refractivity contribution in [2.24, 2.45) is 5.41 Å². The molecule has 2 aromatic rings. The van der Waals surface area contributed by atoms with Crippen molar-refractivity contribution >= 4 is 39.0 Å². The fourth-order valence-electron chi connectivity index (χ4n) is 4.44. The van der Waals surface area contributed by atoms with Crippen molar-refractivity contribution in [1.29, 1.82) is 0 Å². The van der Waals surface area contributed by atoms with E-state index in [1.165, 1.54) is 42.5 Å². The number of alkyl halides is 3. The molecule has 0 aromatic heterocycles. The van der Waals surface area contributed by atoms with Gasteiger partial charge in [-0.25, -0.2) is 8.42 Å². The fourth-order valence-corrected chi connectivity index (χ4v) is 5.91. The Morgan fingerprint density at radius 3 is 2.12 bits per heavy atom. The first-order valence-electron chi connectivity index (χ1n) is 10.2. The molecule has 4 rings (SSSR count). The Balaban J connectivity index is 1.99. The van der Waals surface area contributed by atoms with E-state index >= 15 is 0 Å². The van der Waals surface area contributed by atoms with Crippen molar-refractivity contribution in [3.05, 3.63) is 70.9 Å². The zero-order valence-corrected chi connectivity index (χ0v) is 19.7. The van der Waals surface area contributed by atoms with Crippen LogP contribution in [0.3, 0.4) is 0 Å². The van der Waals surface area contributed by atoms with Crippen LogP contribution in [0.15, 0.2) is 70.8 Å². The van der Waals surface area contributed by atoms with Crippen LogP contribution >= 0.6 is 11.6 Å². The van der Waals surface area contributed by atoms with Crippen molar-refractivity contribution < 1.29 is 31.2 Å². The van der Waals surface area contributed by atoms with Crippen molar-refractivity contribution in [2.45, 2.75) is 43.3 Å². The minimum absolute atomic E-state index is 0.0393. The summed E-state index contributed by atoms with van der Waals surface area (Å²) < 4.78 is 72.2. The van der Waals surface area contributed by atoms with E-state index in [4.69, 9.17) is 11.6 Å². The number of amides is 1. The summed E-state index contributed by atoms with van der Waals surface area (Å²) in [7, 11) is -4.86. The first kappa shape index (κ1) is 24.4. The van der Waals surface area contributed by atoms with Gasteiger partial charge in [-0.05, 0) is 48.2 Å². The lowest BCUT2D eigenvalue weighted by molar-refractivity contribution is -0.184. The molecule has 0 unspecified atom stereocenters. The van der Waals surface area contributed by atoms with E-state index in [1.807, 2.05) is 0 Å². The van der Waals surface area contributed by atoms with E-state index in [0.717, 1.165) is 17.0 Å². The van der Waals surface area contributed by atoms with Crippen LogP contribution < -0.4 is 9.62 Å². The van der Waals surface area contributed by atoms with Crippen LogP contribution in [0.5, 0.6) is 0 Å². The molecule has 34 heavy (non-hydrogen) atoms. The molecule has 0 saturated carbocycles. The van der Waals surface area contributed by atoms with Crippen LogP contribution in [0, 0.1) is 5.41 Å². The molecule has 0 fully saturated rings. The van der Waals surface area contributed by atoms with Gasteiger partial charge in [0.2, 0.25) is 15.6 Å². The van der Waals surface area contributed by atoms with Crippen molar-refractivity contribution in [2.75, 3.05) is 4.90 Å². The number of anilines is 1. The van der Waals surface area contributed by atoms with Gasteiger partial charge in [-0.1, -0.05) is 43.6 Å². The zero-order chi connectivity index (χ0) is 25.1. The van der Waals surface area contributed by atoms with Crippen LogP contribution in [-0.2, 0) is 19.6 Å². The number of allylic oxidation sites excluding steroid dienone is 1. The number of carbonyl (C=O) groups is 2. The average Bonchev–Trinajstić information content (AvgIpc) is 2.97. The molecule has 180 valence electrons. The van der Waals surface area contributed by atoms with Gasteiger partial charge < -0.3 is 0 Å². The Morgan fingerprint density at radius 2 is 1.56 bits per heavy atom. The molecule has 2 aromatic carbocycles. The number of hydrogen-bond acceptors (Lipinski definition) is 4. The molecule has 6 nitrogen and oxygen atoms in total. The lowest BCUT2D eigenvalue weighted by atomic mass is 9.72. The zero-order valence-electron chi connectivity index (χ0n) is 18.1. The predicted octanol–water partition coefficient (Wildman–Crippen LogP) is 4.61. The van der Waals surface area contributed by atoms with Gasteiger partial charge in [0, 0.05) is 22.8 Å². The number of carbonyl (C=O) groups excluding carboxylic acids is 2. The van der Waals surface area contributed by atoms with E-state index in [-0.39, 0.29) is 29.2 Å². The second-order valence-corrected chi connectivity index (χ2v) is 11.2. The molecule has 1 heterocycles. The lowest BCUT2D eigenvalue weighted by Gasteiger charge is -2.35. The van der Waals surface area contributed by atoms with Gasteiger partial charge in [0.15, 0.2) is 5.78 Å². The van der Waals surface area contributed by atoms with E-state index in [9.17, 15) is 31.2 Å². The Labute approximate surface area is 199 Å². The van der Waals surface area contributed by atoms with Gasteiger partial charge in [0.1, 0.15) is 0 Å². The maximum Gasteiger partial charge on any atom is 0.421 e. The van der Waals surface area contributed by atoms with Gasteiger partial charge in [0.25, 0.3) is 5.91 Å². The summed E-state index contributed by atoms with van der Waals surface area (Å²) in [5.74, 6) is -2.55. The van der Waals surface area contributed by atoms with Crippen LogP contribution in [0.1, 0.15) is 26.7 Å². The molecule has 0 radical (unpaired) electrons. The third-order valence-electron chi connectivity index (χ3n) is 5.87. The van der Waals surface area contributed by atoms with Gasteiger partial charge in [-0.15, -0.1) is 0 Å². The molecular weight excluding hydrogens is 493 g/mol. The monoisotopic (exact) mass is 512 g/mol. The molecule has 2 aliphatic rings. The number of sulfonamides is 1. The smallest absolute Gasteiger partial charge is 0.294 e. The summed E-state index contributed by atoms with van der Waals surface area (Å²) in [4.78, 5) is 27.1. The van der Waals surface area contributed by atoms with E-state index in [1.54, 1.807) is 18.6 Å². The Bertz CT molecular complexity index is 1310. The Morgan fingerprint density at radius 1 is 0.971 bits per heavy atom. The summed E-state index contributed by atoms with van der Waals surface area (Å²) in [5.41, 5.74) is -5.55. The number of ketones is 1. The quantitative estimate of drug-likeness (QED) is 0.648. The number of benzene rings is 2. The van der Waals surface area contributed by atoms with E-state index in [0.29, 0.717) is 0 Å². The third-order valence-corrected chi connectivity index (χ3v) is 7.59. The Hall–Kier alpha value is -2.69. The average molecular weight is 513 g/mol. The molecule has 1 aliphatic carbocycles. The number of nitrogens with zero attached hydrogens (tertiary/aromatic N) is 1. The number of Topliss-reactive ketones (excluding diaryl/α,β-unsaturated/α-hetero) is 1. The summed E-state index contributed by atoms with van der Waals surface area (Å²) in [6.45, 7) is 3.39. The minimum atomic E-state index is -5.45. The van der Waals surface area contributed by atoms with Crippen molar-refractivity contribution in [3.8, 4) is 0 Å². The van der Waals surface area contributed by atoms with E-state index < -0.39 is 49.3 Å². The van der Waals surface area contributed by atoms with Crippen LogP contribution in [-0.4, -0.2) is 31.8 Å². The van der Waals surface area contributed by atoms with Crippen LogP contribution in [0.25, 0.3) is 0 Å². The maximum atomic E-state index is 14.8. The van der Waals surface area contributed by atoms with E-state index in [2.05, 4.69) is 0 Å². The molecule has 1 aliphatic heterocycles. The number of nitrogens with one attached hydrogen (secondary N) is 1. The highest BCUT2D eigenvalue weighted by Gasteiger charge is 2.72. The van der Waals surface area contributed by atoms with Crippen LogP contribution in [0.2, 0.25) is 5.02 Å². The first-order chi connectivity index (χ1) is 15.7.